The zero-order valence-corrected chi connectivity index (χ0v) is 16.8. The zero-order valence-electron chi connectivity index (χ0n) is 16.0. The zero-order chi connectivity index (χ0) is 21.1. The first-order valence-corrected chi connectivity index (χ1v) is 9.86. The lowest BCUT2D eigenvalue weighted by Gasteiger charge is -2.09. The van der Waals surface area contributed by atoms with Crippen LogP contribution < -0.4 is 10.1 Å². The van der Waals surface area contributed by atoms with Crippen LogP contribution in [0.3, 0.4) is 0 Å². The van der Waals surface area contributed by atoms with Gasteiger partial charge in [-0.2, -0.15) is 0 Å². The minimum atomic E-state index is -1.12. The number of fused-ring (bicyclic) bond motifs is 1. The van der Waals surface area contributed by atoms with Crippen LogP contribution in [0.2, 0.25) is 0 Å². The summed E-state index contributed by atoms with van der Waals surface area (Å²) < 4.78 is 5.31. The van der Waals surface area contributed by atoms with E-state index in [0.29, 0.717) is 27.5 Å². The van der Waals surface area contributed by atoms with Crippen molar-refractivity contribution in [3.05, 3.63) is 76.3 Å². The van der Waals surface area contributed by atoms with E-state index in [0.717, 1.165) is 11.1 Å². The van der Waals surface area contributed by atoms with Gasteiger partial charge >= 0.3 is 5.97 Å². The number of hydrogen-bond acceptors (Lipinski definition) is 6. The van der Waals surface area contributed by atoms with Gasteiger partial charge in [0.1, 0.15) is 11.3 Å². The number of methoxy groups -OCH3 is 1. The number of aromatic nitrogens is 1. The number of carboxylic acids is 1. The van der Waals surface area contributed by atoms with Crippen molar-refractivity contribution < 1.29 is 19.4 Å². The van der Waals surface area contributed by atoms with Gasteiger partial charge in [-0.1, -0.05) is 36.4 Å². The van der Waals surface area contributed by atoms with E-state index in [-0.39, 0.29) is 17.2 Å². The normalized spacial score (nSPS) is 16.2. The first kappa shape index (κ1) is 19.7. The number of aliphatic imine (C=N–C) groups is 1. The highest BCUT2D eigenvalue weighted by Gasteiger charge is 2.23. The third-order valence-corrected chi connectivity index (χ3v) is 5.42. The van der Waals surface area contributed by atoms with Gasteiger partial charge in [-0.15, -0.1) is 0 Å². The molecule has 1 aromatic heterocycles. The van der Waals surface area contributed by atoms with Crippen LogP contribution in [0.15, 0.2) is 64.6 Å². The van der Waals surface area contributed by atoms with Gasteiger partial charge in [0.15, 0.2) is 5.17 Å². The molecule has 1 fully saturated rings. The van der Waals surface area contributed by atoms with E-state index in [9.17, 15) is 14.7 Å². The average Bonchev–Trinajstić information content (AvgIpc) is 3.11. The fourth-order valence-electron chi connectivity index (χ4n) is 3.05. The van der Waals surface area contributed by atoms with E-state index < -0.39 is 5.97 Å². The topological polar surface area (TPSA) is 101 Å². The Morgan fingerprint density at radius 3 is 2.80 bits per heavy atom. The third kappa shape index (κ3) is 4.04. The van der Waals surface area contributed by atoms with Crippen LogP contribution in [0.4, 0.5) is 0 Å². The summed E-state index contributed by atoms with van der Waals surface area (Å²) in [6.45, 7) is 0.480. The van der Waals surface area contributed by atoms with Crippen LogP contribution >= 0.6 is 11.8 Å². The molecule has 0 aliphatic carbocycles. The van der Waals surface area contributed by atoms with Crippen molar-refractivity contribution in [2.45, 2.75) is 6.54 Å². The van der Waals surface area contributed by atoms with Crippen LogP contribution in [0.25, 0.3) is 17.0 Å². The summed E-state index contributed by atoms with van der Waals surface area (Å²) in [5.41, 5.74) is 2.37. The Hall–Kier alpha value is -3.65. The molecule has 0 saturated carbocycles. The summed E-state index contributed by atoms with van der Waals surface area (Å²) in [6, 6.07) is 15.1. The molecule has 7 nitrogen and oxygen atoms in total. The number of carbonyl (C=O) groups is 2. The van der Waals surface area contributed by atoms with Crippen molar-refractivity contribution in [3.63, 3.8) is 0 Å². The quantitative estimate of drug-likeness (QED) is 0.612. The minimum Gasteiger partial charge on any atom is -0.495 e. The number of amidine groups is 1. The van der Waals surface area contributed by atoms with Crippen LogP contribution in [-0.2, 0) is 11.3 Å². The number of hydrogen-bond donors (Lipinski definition) is 2. The number of thioether (sulfide) groups is 1. The summed E-state index contributed by atoms with van der Waals surface area (Å²) in [5, 5.41) is 13.2. The van der Waals surface area contributed by atoms with E-state index in [4.69, 9.17) is 4.74 Å². The van der Waals surface area contributed by atoms with Crippen LogP contribution in [0.1, 0.15) is 21.5 Å². The Balaban J connectivity index is 1.62. The number of aromatic carboxylic acids is 1. The first-order chi connectivity index (χ1) is 14.5. The second-order valence-electron chi connectivity index (χ2n) is 6.46. The lowest BCUT2D eigenvalue weighted by atomic mass is 10.1. The van der Waals surface area contributed by atoms with E-state index in [1.807, 2.05) is 36.4 Å². The number of amides is 1. The Morgan fingerprint density at radius 2 is 2.07 bits per heavy atom. The number of carboxylic acid groups (broad SMARTS) is 1. The molecule has 1 saturated heterocycles. The summed E-state index contributed by atoms with van der Waals surface area (Å²) in [5.74, 6) is -1.10. The SMILES string of the molecule is COc1c(C(=O)O)cnc2ccc(/C=C3\SC(=NCc4ccccc4)NC3=O)cc12. The molecule has 3 aromatic rings. The Kier molecular flexibility index (Phi) is 5.49. The van der Waals surface area contributed by atoms with Gasteiger partial charge < -0.3 is 15.2 Å². The minimum absolute atomic E-state index is 0.0156. The number of nitrogens with one attached hydrogen (secondary N) is 1. The van der Waals surface area contributed by atoms with Crippen molar-refractivity contribution in [1.29, 1.82) is 0 Å². The van der Waals surface area contributed by atoms with Gasteiger partial charge in [0.2, 0.25) is 0 Å². The fraction of sp³-hybridized carbons (Fsp3) is 0.0909. The van der Waals surface area contributed by atoms with E-state index in [1.165, 1.54) is 25.1 Å². The molecule has 0 atom stereocenters. The maximum absolute atomic E-state index is 12.3. The lowest BCUT2D eigenvalue weighted by Crippen LogP contribution is -2.19. The number of carbonyl (C=O) groups excluding carboxylic acids is 1. The molecule has 2 aromatic carbocycles. The monoisotopic (exact) mass is 419 g/mol. The Labute approximate surface area is 176 Å². The number of benzene rings is 2. The molecule has 0 unspecified atom stereocenters. The maximum atomic E-state index is 12.3. The first-order valence-electron chi connectivity index (χ1n) is 9.04. The largest absolute Gasteiger partial charge is 0.495 e. The smallest absolute Gasteiger partial charge is 0.341 e. The second-order valence-corrected chi connectivity index (χ2v) is 7.49. The highest BCUT2D eigenvalue weighted by atomic mass is 32.2. The standard InChI is InChI=1S/C22H17N3O4S/c1-29-19-15-9-14(7-8-17(15)23-12-16(19)21(27)28)10-18-20(26)25-22(30-18)24-11-13-5-3-2-4-6-13/h2-10,12H,11H2,1H3,(H,27,28)(H,24,25,26)/b18-10-. The molecular formula is C22H17N3O4S. The molecule has 0 bridgehead atoms. The fourth-order valence-corrected chi connectivity index (χ4v) is 3.87. The Bertz CT molecular complexity index is 1210. The maximum Gasteiger partial charge on any atom is 0.341 e. The summed E-state index contributed by atoms with van der Waals surface area (Å²) >= 11 is 1.27. The molecule has 2 heterocycles. The van der Waals surface area contributed by atoms with E-state index >= 15 is 0 Å². The van der Waals surface area contributed by atoms with Gasteiger partial charge in [-0.05, 0) is 41.1 Å². The number of rotatable bonds is 5. The van der Waals surface area contributed by atoms with Gasteiger partial charge in [0.05, 0.1) is 24.1 Å². The summed E-state index contributed by atoms with van der Waals surface area (Å²) in [6.07, 6.45) is 3.01. The molecule has 1 aliphatic heterocycles. The van der Waals surface area contributed by atoms with Gasteiger partial charge in [-0.3, -0.25) is 14.8 Å². The predicted octanol–water partition coefficient (Wildman–Crippen LogP) is 3.70. The van der Waals surface area contributed by atoms with Gasteiger partial charge in [-0.25, -0.2) is 4.79 Å². The molecule has 0 radical (unpaired) electrons. The molecule has 30 heavy (non-hydrogen) atoms. The highest BCUT2D eigenvalue weighted by Crippen LogP contribution is 2.31. The molecule has 8 heteroatoms. The second kappa shape index (κ2) is 8.38. The van der Waals surface area contributed by atoms with E-state index in [2.05, 4.69) is 15.3 Å². The molecule has 150 valence electrons. The third-order valence-electron chi connectivity index (χ3n) is 4.47. The lowest BCUT2D eigenvalue weighted by molar-refractivity contribution is -0.115. The Morgan fingerprint density at radius 1 is 1.27 bits per heavy atom. The number of ether oxygens (including phenoxy) is 1. The summed E-state index contributed by atoms with van der Waals surface area (Å²) in [4.78, 5) is 32.9. The molecular weight excluding hydrogens is 402 g/mol. The van der Waals surface area contributed by atoms with Crippen molar-refractivity contribution in [1.82, 2.24) is 10.3 Å². The van der Waals surface area contributed by atoms with Crippen LogP contribution in [0, 0.1) is 0 Å². The van der Waals surface area contributed by atoms with Crippen molar-refractivity contribution in [2.24, 2.45) is 4.99 Å². The van der Waals surface area contributed by atoms with E-state index in [1.54, 1.807) is 18.2 Å². The molecule has 2 N–H and O–H groups in total. The van der Waals surface area contributed by atoms with Gasteiger partial charge in [0, 0.05) is 11.6 Å². The average molecular weight is 419 g/mol. The predicted molar refractivity (Wildman–Crippen MR) is 117 cm³/mol. The van der Waals surface area contributed by atoms with Gasteiger partial charge in [0.25, 0.3) is 5.91 Å². The molecule has 1 amide bonds. The number of pyridine rings is 1. The van der Waals surface area contributed by atoms with Crippen molar-refractivity contribution in [2.75, 3.05) is 7.11 Å². The molecule has 4 rings (SSSR count). The summed E-state index contributed by atoms with van der Waals surface area (Å²) in [7, 11) is 1.42. The number of nitrogens with zero attached hydrogens (tertiary/aromatic N) is 2. The van der Waals surface area contributed by atoms with Crippen molar-refractivity contribution >= 4 is 45.8 Å². The molecule has 0 spiro atoms. The van der Waals surface area contributed by atoms with Crippen molar-refractivity contribution in [3.8, 4) is 5.75 Å². The van der Waals surface area contributed by atoms with Crippen LogP contribution in [-0.4, -0.2) is 34.2 Å². The molecule has 1 aliphatic rings. The highest BCUT2D eigenvalue weighted by molar-refractivity contribution is 8.18. The van der Waals surface area contributed by atoms with Crippen LogP contribution in [0.5, 0.6) is 5.75 Å².